The molecule has 0 atom stereocenters. The number of anilines is 2. The van der Waals surface area contributed by atoms with E-state index in [4.69, 9.17) is 15.9 Å². The molecule has 16 heteroatoms. The third-order valence-corrected chi connectivity index (χ3v) is 3.75. The maximum atomic E-state index is 12.5. The van der Waals surface area contributed by atoms with Crippen LogP contribution in [-0.4, -0.2) is 42.6 Å². The van der Waals surface area contributed by atoms with Crippen molar-refractivity contribution in [3.63, 3.8) is 0 Å². The first-order valence-electron chi connectivity index (χ1n) is 7.77. The minimum absolute atomic E-state index is 0. The topological polar surface area (TPSA) is 68.7 Å². The summed E-state index contributed by atoms with van der Waals surface area (Å²) in [7, 11) is 1.27. The van der Waals surface area contributed by atoms with Crippen LogP contribution in [0.2, 0.25) is 5.02 Å². The summed E-state index contributed by atoms with van der Waals surface area (Å²) >= 11 is 6.32. The molecule has 31 heavy (non-hydrogen) atoms. The molecule has 174 valence electrons. The van der Waals surface area contributed by atoms with Gasteiger partial charge in [0.2, 0.25) is 11.8 Å². The van der Waals surface area contributed by atoms with Crippen molar-refractivity contribution in [1.29, 1.82) is 0 Å². The van der Waals surface area contributed by atoms with Crippen LogP contribution >= 0.6 is 37.3 Å². The van der Waals surface area contributed by atoms with Gasteiger partial charge in [-0.15, -0.1) is 0 Å². The summed E-state index contributed by atoms with van der Waals surface area (Å²) in [5.74, 6) is -1.30. The van der Waals surface area contributed by atoms with E-state index in [0.29, 0.717) is 29.3 Å². The van der Waals surface area contributed by atoms with Crippen LogP contribution in [0.15, 0.2) is 30.6 Å². The molecular weight excluding hydrogens is 498 g/mol. The molecule has 7 nitrogen and oxygen atoms in total. The van der Waals surface area contributed by atoms with E-state index in [1.807, 2.05) is 0 Å². The van der Waals surface area contributed by atoms with Gasteiger partial charge in [0.1, 0.15) is 18.6 Å². The molecule has 0 saturated carbocycles. The lowest BCUT2D eigenvalue weighted by atomic mass is 10.3. The molecule has 0 unspecified atom stereocenters. The van der Waals surface area contributed by atoms with Gasteiger partial charge in [0.15, 0.2) is 18.9 Å². The van der Waals surface area contributed by atoms with Crippen molar-refractivity contribution >= 4 is 48.7 Å². The molecule has 1 aromatic carbocycles. The highest BCUT2D eigenvalue weighted by molar-refractivity contribution is 7.96. The summed E-state index contributed by atoms with van der Waals surface area (Å²) in [6.45, 7) is -3.45. The van der Waals surface area contributed by atoms with Crippen LogP contribution < -0.4 is 19.3 Å². The Morgan fingerprint density at radius 1 is 1.03 bits per heavy atom. The van der Waals surface area contributed by atoms with Gasteiger partial charge in [0.05, 0.1) is 5.69 Å². The second-order valence-electron chi connectivity index (χ2n) is 5.41. The summed E-state index contributed by atoms with van der Waals surface area (Å²) < 4.78 is 90.3. The maximum Gasteiger partial charge on any atom is 0.422 e. The highest BCUT2D eigenvalue weighted by atomic mass is 35.5. The van der Waals surface area contributed by atoms with Crippen molar-refractivity contribution in [3.8, 4) is 11.8 Å². The fourth-order valence-corrected chi connectivity index (χ4v) is 2.51. The number of hydrogen-bond acceptors (Lipinski definition) is 8. The number of benzene rings is 1. The van der Waals surface area contributed by atoms with E-state index in [9.17, 15) is 26.3 Å². The summed E-state index contributed by atoms with van der Waals surface area (Å²) in [5.41, 5.74) is 2.53. The monoisotopic (exact) mass is 512 g/mol. The summed E-state index contributed by atoms with van der Waals surface area (Å²) in [6, 6.07) is 6.36. The predicted octanol–water partition coefficient (Wildman–Crippen LogP) is 5.17. The first-order valence-corrected chi connectivity index (χ1v) is 8.85. The molecule has 1 heterocycles. The zero-order chi connectivity index (χ0) is 22.4. The predicted molar refractivity (Wildman–Crippen MR) is 108 cm³/mol. The van der Waals surface area contributed by atoms with Crippen LogP contribution in [0.25, 0.3) is 0 Å². The minimum Gasteiger partial charge on any atom is -0.466 e. The Morgan fingerprint density at radius 3 is 2.06 bits per heavy atom. The molecule has 0 spiro atoms. The summed E-state index contributed by atoms with van der Waals surface area (Å²) in [4.78, 5) is 7.09. The van der Waals surface area contributed by atoms with Crippen molar-refractivity contribution < 1.29 is 40.1 Å². The zero-order valence-electron chi connectivity index (χ0n) is 15.4. The lowest BCUT2D eigenvalue weighted by Gasteiger charge is -2.22. The van der Waals surface area contributed by atoms with Crippen LogP contribution in [0, 0.1) is 0 Å². The van der Waals surface area contributed by atoms with Gasteiger partial charge < -0.3 is 9.47 Å². The standard InChI is InChI=1S/C15H13ClF6N4O3S.H2S/c1-26(30-29-25-10-4-2-3-9(16)5-10)11-12(27-6-14(17,18)19)23-8-24-13(11)28-7-15(20,21)22;/h2-5,8,25H,6-7H2,1H3;1H2. The highest BCUT2D eigenvalue weighted by Crippen LogP contribution is 2.38. The van der Waals surface area contributed by atoms with Crippen molar-refractivity contribution in [3.05, 3.63) is 35.6 Å². The molecule has 2 aromatic rings. The van der Waals surface area contributed by atoms with E-state index in [1.165, 1.54) is 13.1 Å². The van der Waals surface area contributed by atoms with Gasteiger partial charge in [-0.25, -0.2) is 0 Å². The molecule has 0 radical (unpaired) electrons. The molecule has 1 N–H and O–H groups in total. The number of nitrogens with one attached hydrogen (secondary N) is 1. The minimum atomic E-state index is -4.70. The first kappa shape index (κ1) is 27.1. The van der Waals surface area contributed by atoms with E-state index in [2.05, 4.69) is 24.9 Å². The lowest BCUT2D eigenvalue weighted by molar-refractivity contribution is -0.154. The van der Waals surface area contributed by atoms with Crippen molar-refractivity contribution in [1.82, 2.24) is 9.97 Å². The van der Waals surface area contributed by atoms with Crippen molar-refractivity contribution in [2.45, 2.75) is 12.4 Å². The van der Waals surface area contributed by atoms with Crippen molar-refractivity contribution in [2.75, 3.05) is 30.0 Å². The van der Waals surface area contributed by atoms with Gasteiger partial charge in [-0.3, -0.25) is 9.79 Å². The van der Waals surface area contributed by atoms with Gasteiger partial charge in [-0.2, -0.15) is 54.1 Å². The van der Waals surface area contributed by atoms with Gasteiger partial charge in [0, 0.05) is 12.1 Å². The molecule has 0 aliphatic rings. The highest BCUT2D eigenvalue weighted by Gasteiger charge is 2.32. The summed E-state index contributed by atoms with van der Waals surface area (Å²) in [5, 5.41) is 0.407. The number of ether oxygens (including phenoxy) is 2. The number of aromatic nitrogens is 2. The largest absolute Gasteiger partial charge is 0.466 e. The first-order chi connectivity index (χ1) is 13.9. The molecule has 2 rings (SSSR count). The third kappa shape index (κ3) is 9.80. The van der Waals surface area contributed by atoms with E-state index in [0.717, 1.165) is 4.31 Å². The molecule has 0 bridgehead atoms. The Balaban J connectivity index is 0.00000480. The SMILES string of the molecule is CN(SONc1cccc(Cl)c1)c1c(OCC(F)(F)F)ncnc1OCC(F)(F)F.S. The smallest absolute Gasteiger partial charge is 0.422 e. The summed E-state index contributed by atoms with van der Waals surface area (Å²) in [6.07, 6.45) is -8.69. The molecule has 0 aliphatic heterocycles. The number of halogens is 7. The molecule has 0 amide bonds. The van der Waals surface area contributed by atoms with Gasteiger partial charge >= 0.3 is 12.4 Å². The third-order valence-electron chi connectivity index (χ3n) is 2.95. The number of nitrogens with zero attached hydrogens (tertiary/aromatic N) is 3. The van der Waals surface area contributed by atoms with Gasteiger partial charge in [-0.1, -0.05) is 17.7 Å². The van der Waals surface area contributed by atoms with Crippen LogP contribution in [-0.2, 0) is 4.28 Å². The molecule has 0 aliphatic carbocycles. The van der Waals surface area contributed by atoms with Gasteiger partial charge in [-0.05, 0) is 18.2 Å². The number of hydrogen-bond donors (Lipinski definition) is 1. The van der Waals surface area contributed by atoms with Gasteiger partial charge in [0.25, 0.3) is 0 Å². The average molecular weight is 513 g/mol. The van der Waals surface area contributed by atoms with E-state index in [-0.39, 0.29) is 13.5 Å². The molecule has 1 aromatic heterocycles. The van der Waals surface area contributed by atoms with Crippen LogP contribution in [0.5, 0.6) is 11.8 Å². The average Bonchev–Trinajstić information content (AvgIpc) is 2.63. The number of alkyl halides is 6. The van der Waals surface area contributed by atoms with Crippen LogP contribution in [0.3, 0.4) is 0 Å². The molecule has 0 fully saturated rings. The molecular formula is C15H15ClF6N4O3S2. The quantitative estimate of drug-likeness (QED) is 0.214. The fraction of sp³-hybridized carbons (Fsp3) is 0.333. The van der Waals surface area contributed by atoms with Crippen LogP contribution in [0.1, 0.15) is 0 Å². The second-order valence-corrected chi connectivity index (χ2v) is 6.71. The maximum absolute atomic E-state index is 12.5. The van der Waals surface area contributed by atoms with E-state index in [1.54, 1.807) is 18.2 Å². The van der Waals surface area contributed by atoms with E-state index >= 15 is 0 Å². The second kappa shape index (κ2) is 11.6. The Bertz CT molecular complexity index is 811. The fourth-order valence-electron chi connectivity index (χ4n) is 1.84. The number of rotatable bonds is 9. The lowest BCUT2D eigenvalue weighted by Crippen LogP contribution is -2.23. The van der Waals surface area contributed by atoms with Crippen LogP contribution in [0.4, 0.5) is 37.7 Å². The Morgan fingerprint density at radius 2 is 1.58 bits per heavy atom. The molecule has 0 saturated heterocycles. The van der Waals surface area contributed by atoms with E-state index < -0.39 is 43.0 Å². The van der Waals surface area contributed by atoms with Crippen molar-refractivity contribution in [2.24, 2.45) is 0 Å². The Labute approximate surface area is 188 Å². The normalized spacial score (nSPS) is 11.5. The Hall–Kier alpha value is -1.97. The Kier molecular flexibility index (Phi) is 10.1. The zero-order valence-corrected chi connectivity index (χ0v) is 18.0.